The molecule has 2 heterocycles. The molecule has 1 aromatic carbocycles. The Labute approximate surface area is 120 Å². The molecule has 1 aliphatic heterocycles. The van der Waals surface area contributed by atoms with Crippen molar-refractivity contribution in [3.8, 4) is 0 Å². The molecule has 0 bridgehead atoms. The van der Waals surface area contributed by atoms with Crippen LogP contribution in [0.3, 0.4) is 0 Å². The third-order valence-corrected chi connectivity index (χ3v) is 5.33. The van der Waals surface area contributed by atoms with Gasteiger partial charge in [-0.15, -0.1) is 17.9 Å². The summed E-state index contributed by atoms with van der Waals surface area (Å²) in [5.41, 5.74) is 1.98. The maximum atomic E-state index is 12.0. The minimum atomic E-state index is 0.179. The van der Waals surface area contributed by atoms with Gasteiger partial charge in [-0.25, -0.2) is 4.98 Å². The fourth-order valence-corrected chi connectivity index (χ4v) is 3.81. The monoisotopic (exact) mass is 290 g/mol. The Morgan fingerprint density at radius 1 is 1.58 bits per heavy atom. The number of thiazole rings is 1. The van der Waals surface area contributed by atoms with Crippen molar-refractivity contribution in [3.05, 3.63) is 30.9 Å². The van der Waals surface area contributed by atoms with Gasteiger partial charge >= 0.3 is 0 Å². The van der Waals surface area contributed by atoms with Crippen LogP contribution in [-0.2, 0) is 4.79 Å². The van der Waals surface area contributed by atoms with Crippen molar-refractivity contribution in [2.75, 3.05) is 17.7 Å². The minimum Gasteiger partial charge on any atom is -0.312 e. The second kappa shape index (κ2) is 4.98. The molecule has 3 rings (SSSR count). The average Bonchev–Trinajstić information content (AvgIpc) is 3.00. The number of rotatable bonds is 3. The molecule has 0 saturated carbocycles. The zero-order chi connectivity index (χ0) is 13.4. The molecule has 1 saturated heterocycles. The van der Waals surface area contributed by atoms with Gasteiger partial charge < -0.3 is 4.90 Å². The van der Waals surface area contributed by atoms with E-state index in [1.54, 1.807) is 23.1 Å². The molecule has 3 nitrogen and oxygen atoms in total. The highest BCUT2D eigenvalue weighted by Crippen LogP contribution is 2.33. The van der Waals surface area contributed by atoms with Crippen LogP contribution in [0.4, 0.5) is 5.69 Å². The van der Waals surface area contributed by atoms with Crippen molar-refractivity contribution >= 4 is 44.9 Å². The van der Waals surface area contributed by atoms with E-state index in [4.69, 9.17) is 0 Å². The van der Waals surface area contributed by atoms with Crippen molar-refractivity contribution in [2.24, 2.45) is 5.92 Å². The number of aromatic nitrogens is 1. The number of nitrogens with zero attached hydrogens (tertiary/aromatic N) is 2. The standard InChI is InChI=1S/C14H14N2OS2/c1-3-9-6-13(17)16(8-9)10-4-5-11-12(7-10)19-14(15-11)18-2/h3-5,7,9H,1,6,8H2,2H3. The predicted molar refractivity (Wildman–Crippen MR) is 82.1 cm³/mol. The van der Waals surface area contributed by atoms with Crippen molar-refractivity contribution in [3.63, 3.8) is 0 Å². The summed E-state index contributed by atoms with van der Waals surface area (Å²) in [7, 11) is 0. The topological polar surface area (TPSA) is 33.2 Å². The highest BCUT2D eigenvalue weighted by atomic mass is 32.2. The normalized spacial score (nSPS) is 19.3. The molecule has 1 aromatic heterocycles. The molecule has 1 fully saturated rings. The number of anilines is 1. The number of carbonyl (C=O) groups excluding carboxylic acids is 1. The lowest BCUT2D eigenvalue weighted by atomic mass is 10.1. The van der Waals surface area contributed by atoms with Crippen molar-refractivity contribution < 1.29 is 4.79 Å². The molecule has 1 amide bonds. The van der Waals surface area contributed by atoms with Gasteiger partial charge in [0.05, 0.1) is 10.2 Å². The Kier molecular flexibility index (Phi) is 3.33. The summed E-state index contributed by atoms with van der Waals surface area (Å²) in [5.74, 6) is 0.449. The molecular weight excluding hydrogens is 276 g/mol. The quantitative estimate of drug-likeness (QED) is 0.640. The third kappa shape index (κ3) is 2.28. The summed E-state index contributed by atoms with van der Waals surface area (Å²) in [4.78, 5) is 18.4. The highest BCUT2D eigenvalue weighted by Gasteiger charge is 2.28. The SMILES string of the molecule is C=CC1CC(=O)N(c2ccc3nc(SC)sc3c2)C1. The number of fused-ring (bicyclic) bond motifs is 1. The van der Waals surface area contributed by atoms with Crippen molar-refractivity contribution in [1.82, 2.24) is 4.98 Å². The number of thioether (sulfide) groups is 1. The molecule has 0 radical (unpaired) electrons. The maximum Gasteiger partial charge on any atom is 0.227 e. The van der Waals surface area contributed by atoms with Gasteiger partial charge in [0.25, 0.3) is 0 Å². The number of hydrogen-bond donors (Lipinski definition) is 0. The van der Waals surface area contributed by atoms with Gasteiger partial charge in [-0.1, -0.05) is 17.8 Å². The van der Waals surface area contributed by atoms with Gasteiger partial charge in [0.2, 0.25) is 5.91 Å². The Bertz CT molecular complexity index is 650. The van der Waals surface area contributed by atoms with Crippen LogP contribution >= 0.6 is 23.1 Å². The van der Waals surface area contributed by atoms with Crippen LogP contribution in [0.25, 0.3) is 10.2 Å². The number of carbonyl (C=O) groups is 1. The summed E-state index contributed by atoms with van der Waals surface area (Å²) >= 11 is 3.32. The lowest BCUT2D eigenvalue weighted by molar-refractivity contribution is -0.117. The lowest BCUT2D eigenvalue weighted by Crippen LogP contribution is -2.24. The number of hydrogen-bond acceptors (Lipinski definition) is 4. The second-order valence-corrected chi connectivity index (χ2v) is 6.62. The van der Waals surface area contributed by atoms with E-state index in [1.807, 2.05) is 29.4 Å². The van der Waals surface area contributed by atoms with Gasteiger partial charge in [0.15, 0.2) is 4.34 Å². The summed E-state index contributed by atoms with van der Waals surface area (Å²) < 4.78 is 2.19. The van der Waals surface area contributed by atoms with Crippen LogP contribution in [0.2, 0.25) is 0 Å². The van der Waals surface area contributed by atoms with Gasteiger partial charge in [-0.05, 0) is 24.5 Å². The molecule has 1 atom stereocenters. The van der Waals surface area contributed by atoms with Crippen molar-refractivity contribution in [2.45, 2.75) is 10.8 Å². The molecule has 2 aromatic rings. The Morgan fingerprint density at radius 3 is 3.11 bits per heavy atom. The molecule has 1 aliphatic rings. The Balaban J connectivity index is 1.96. The summed E-state index contributed by atoms with van der Waals surface area (Å²) in [6, 6.07) is 6.04. The molecular formula is C14H14N2OS2. The minimum absolute atomic E-state index is 0.179. The van der Waals surface area contributed by atoms with Crippen LogP contribution in [0.1, 0.15) is 6.42 Å². The van der Waals surface area contributed by atoms with Crippen LogP contribution in [0, 0.1) is 5.92 Å². The fourth-order valence-electron chi connectivity index (χ4n) is 2.29. The summed E-state index contributed by atoms with van der Waals surface area (Å²) in [6.45, 7) is 4.52. The molecule has 0 aliphatic carbocycles. The first-order valence-electron chi connectivity index (χ1n) is 6.09. The van der Waals surface area contributed by atoms with E-state index in [0.29, 0.717) is 6.42 Å². The van der Waals surface area contributed by atoms with Gasteiger partial charge in [0, 0.05) is 24.6 Å². The first-order chi connectivity index (χ1) is 9.21. The third-order valence-electron chi connectivity index (χ3n) is 3.33. The summed E-state index contributed by atoms with van der Waals surface area (Å²) in [5, 5.41) is 0. The second-order valence-electron chi connectivity index (χ2n) is 4.54. The molecule has 98 valence electrons. The van der Waals surface area contributed by atoms with Crippen LogP contribution < -0.4 is 4.90 Å². The molecule has 1 unspecified atom stereocenters. The smallest absolute Gasteiger partial charge is 0.227 e. The maximum absolute atomic E-state index is 12.0. The molecule has 0 N–H and O–H groups in total. The van der Waals surface area contributed by atoms with Gasteiger partial charge in [-0.3, -0.25) is 4.79 Å². The predicted octanol–water partition coefficient (Wildman–Crippen LogP) is 3.56. The van der Waals surface area contributed by atoms with Crippen LogP contribution in [0.5, 0.6) is 0 Å². The van der Waals surface area contributed by atoms with E-state index in [1.165, 1.54) is 0 Å². The van der Waals surface area contributed by atoms with Gasteiger partial charge in [-0.2, -0.15) is 0 Å². The molecule has 5 heteroatoms. The summed E-state index contributed by atoms with van der Waals surface area (Å²) in [6.07, 6.45) is 4.46. The van der Waals surface area contributed by atoms with E-state index in [-0.39, 0.29) is 11.8 Å². The number of benzene rings is 1. The van der Waals surface area contributed by atoms with E-state index in [9.17, 15) is 4.79 Å². The van der Waals surface area contributed by atoms with Crippen LogP contribution in [-0.4, -0.2) is 23.7 Å². The largest absolute Gasteiger partial charge is 0.312 e. The van der Waals surface area contributed by atoms with E-state index >= 15 is 0 Å². The lowest BCUT2D eigenvalue weighted by Gasteiger charge is -2.15. The highest BCUT2D eigenvalue weighted by molar-refractivity contribution is 8.00. The molecule has 0 spiro atoms. The van der Waals surface area contributed by atoms with E-state index < -0.39 is 0 Å². The zero-order valence-corrected chi connectivity index (χ0v) is 12.3. The Hall–Kier alpha value is -1.33. The van der Waals surface area contributed by atoms with E-state index in [2.05, 4.69) is 17.6 Å². The Morgan fingerprint density at radius 2 is 2.42 bits per heavy atom. The van der Waals surface area contributed by atoms with Gasteiger partial charge in [0.1, 0.15) is 0 Å². The number of amides is 1. The molecule has 19 heavy (non-hydrogen) atoms. The first-order valence-corrected chi connectivity index (χ1v) is 8.13. The van der Waals surface area contributed by atoms with E-state index in [0.717, 1.165) is 26.8 Å². The van der Waals surface area contributed by atoms with Crippen LogP contribution in [0.15, 0.2) is 35.2 Å². The first kappa shape index (κ1) is 12.7. The fraction of sp³-hybridized carbons (Fsp3) is 0.286. The zero-order valence-electron chi connectivity index (χ0n) is 10.6. The average molecular weight is 290 g/mol. The van der Waals surface area contributed by atoms with Crippen molar-refractivity contribution in [1.29, 1.82) is 0 Å².